The van der Waals surface area contributed by atoms with E-state index in [2.05, 4.69) is 15.6 Å². The SMILES string of the molecule is CC(C)OC(=O)Nc1ccc(-c2cnc(C3CCC(NC(=O)OC(C)C)CC3)s2)c(S(=N)(=O)C(C)C)c1. The molecule has 3 rings (SSSR count). The van der Waals surface area contributed by atoms with Gasteiger partial charge in [-0.3, -0.25) is 5.32 Å². The van der Waals surface area contributed by atoms with E-state index in [4.69, 9.17) is 14.3 Å². The van der Waals surface area contributed by atoms with Crippen molar-refractivity contribution in [3.05, 3.63) is 29.4 Å². The minimum Gasteiger partial charge on any atom is -0.447 e. The molecule has 1 aliphatic rings. The standard InChI is InChI=1S/C26H38N4O5S2/c1-15(2)34-25(31)29-19-9-7-18(8-10-19)24-28-14-22(36-24)21-12-11-20(30-26(32)35-16(3)4)13-23(21)37(27,33)17(5)6/h11-19,27H,7-10H2,1-6H3,(H,29,31)(H,30,32). The van der Waals surface area contributed by atoms with Gasteiger partial charge in [0.1, 0.15) is 0 Å². The number of amides is 2. The molecular formula is C26H38N4O5S2. The maximum Gasteiger partial charge on any atom is 0.411 e. The van der Waals surface area contributed by atoms with E-state index < -0.39 is 21.1 Å². The Hall–Kier alpha value is -2.66. The number of rotatable bonds is 8. The van der Waals surface area contributed by atoms with Crippen LogP contribution in [0.4, 0.5) is 15.3 Å². The summed E-state index contributed by atoms with van der Waals surface area (Å²) in [5.41, 5.74) is 1.11. The third-order valence-electron chi connectivity index (χ3n) is 6.09. The Morgan fingerprint density at radius 2 is 1.65 bits per heavy atom. The number of nitrogens with zero attached hydrogens (tertiary/aromatic N) is 1. The van der Waals surface area contributed by atoms with E-state index in [-0.39, 0.29) is 30.3 Å². The first-order valence-electron chi connectivity index (χ1n) is 12.7. The number of carbonyl (C=O) groups is 2. The number of hydrogen-bond acceptors (Lipinski definition) is 8. The second-order valence-electron chi connectivity index (χ2n) is 10.1. The van der Waals surface area contributed by atoms with Crippen LogP contribution in [-0.4, -0.2) is 44.9 Å². The smallest absolute Gasteiger partial charge is 0.411 e. The molecule has 1 aliphatic carbocycles. The molecular weight excluding hydrogens is 512 g/mol. The molecule has 0 saturated heterocycles. The van der Waals surface area contributed by atoms with Crippen LogP contribution in [0, 0.1) is 4.78 Å². The highest BCUT2D eigenvalue weighted by Gasteiger charge is 2.27. The highest BCUT2D eigenvalue weighted by molar-refractivity contribution is 7.93. The average Bonchev–Trinajstić information content (AvgIpc) is 3.28. The first-order valence-corrected chi connectivity index (χ1v) is 15.1. The van der Waals surface area contributed by atoms with Gasteiger partial charge in [-0.1, -0.05) is 6.07 Å². The lowest BCUT2D eigenvalue weighted by Crippen LogP contribution is -2.38. The molecule has 3 N–H and O–H groups in total. The Labute approximate surface area is 223 Å². The number of thiazole rings is 1. The quantitative estimate of drug-likeness (QED) is 0.333. The van der Waals surface area contributed by atoms with Gasteiger partial charge in [0.15, 0.2) is 0 Å². The molecule has 1 fully saturated rings. The Morgan fingerprint density at radius 1 is 1.03 bits per heavy atom. The summed E-state index contributed by atoms with van der Waals surface area (Å²) in [5.74, 6) is 0.276. The Bertz CT molecular complexity index is 1200. The van der Waals surface area contributed by atoms with Crippen LogP contribution in [0.2, 0.25) is 0 Å². The van der Waals surface area contributed by atoms with Crippen molar-refractivity contribution >= 4 is 38.9 Å². The molecule has 1 unspecified atom stereocenters. The van der Waals surface area contributed by atoms with Gasteiger partial charge in [-0.2, -0.15) is 0 Å². The summed E-state index contributed by atoms with van der Waals surface area (Å²) in [5, 5.41) is 6.19. The van der Waals surface area contributed by atoms with Gasteiger partial charge in [-0.25, -0.2) is 23.6 Å². The van der Waals surface area contributed by atoms with E-state index in [9.17, 15) is 13.8 Å². The minimum absolute atomic E-state index is 0.0926. The van der Waals surface area contributed by atoms with Gasteiger partial charge < -0.3 is 14.8 Å². The third kappa shape index (κ3) is 7.67. The predicted octanol–water partition coefficient (Wildman–Crippen LogP) is 6.74. The molecule has 1 heterocycles. The number of ether oxygens (including phenoxy) is 2. The maximum absolute atomic E-state index is 13.5. The van der Waals surface area contributed by atoms with E-state index in [1.807, 2.05) is 13.8 Å². The van der Waals surface area contributed by atoms with Gasteiger partial charge in [-0.15, -0.1) is 11.3 Å². The fraction of sp³-hybridized carbons (Fsp3) is 0.577. The van der Waals surface area contributed by atoms with Gasteiger partial charge in [0.25, 0.3) is 0 Å². The summed E-state index contributed by atoms with van der Waals surface area (Å²) in [4.78, 5) is 29.9. The molecule has 1 aromatic heterocycles. The van der Waals surface area contributed by atoms with Crippen molar-refractivity contribution in [3.8, 4) is 10.4 Å². The number of hydrogen-bond donors (Lipinski definition) is 3. The molecule has 204 valence electrons. The molecule has 37 heavy (non-hydrogen) atoms. The molecule has 0 radical (unpaired) electrons. The van der Waals surface area contributed by atoms with Gasteiger partial charge in [0.05, 0.1) is 36.7 Å². The summed E-state index contributed by atoms with van der Waals surface area (Å²) in [7, 11) is -3.15. The van der Waals surface area contributed by atoms with Crippen molar-refractivity contribution in [1.29, 1.82) is 4.78 Å². The van der Waals surface area contributed by atoms with Crippen LogP contribution < -0.4 is 10.6 Å². The Balaban J connectivity index is 1.79. The summed E-state index contributed by atoms with van der Waals surface area (Å²) in [6.45, 7) is 10.7. The van der Waals surface area contributed by atoms with Crippen LogP contribution in [0.15, 0.2) is 29.3 Å². The fourth-order valence-electron chi connectivity index (χ4n) is 4.17. The van der Waals surface area contributed by atoms with E-state index in [0.29, 0.717) is 16.1 Å². The van der Waals surface area contributed by atoms with Crippen LogP contribution >= 0.6 is 11.3 Å². The number of alkyl carbamates (subject to hydrolysis) is 1. The molecule has 2 aromatic rings. The second kappa shape index (κ2) is 12.3. The zero-order valence-corrected chi connectivity index (χ0v) is 24.0. The fourth-order valence-corrected chi connectivity index (χ4v) is 6.68. The van der Waals surface area contributed by atoms with Crippen molar-refractivity contribution in [1.82, 2.24) is 10.3 Å². The van der Waals surface area contributed by atoms with Crippen molar-refractivity contribution < 1.29 is 23.3 Å². The number of nitrogens with one attached hydrogen (secondary N) is 3. The van der Waals surface area contributed by atoms with Crippen LogP contribution in [0.1, 0.15) is 78.2 Å². The van der Waals surface area contributed by atoms with Crippen LogP contribution in [-0.2, 0) is 19.2 Å². The Morgan fingerprint density at radius 3 is 2.24 bits per heavy atom. The average molecular weight is 551 g/mol. The van der Waals surface area contributed by atoms with Crippen molar-refractivity contribution in [3.63, 3.8) is 0 Å². The molecule has 9 nitrogen and oxygen atoms in total. The lowest BCUT2D eigenvalue weighted by atomic mass is 9.86. The van der Waals surface area contributed by atoms with Crippen LogP contribution in [0.25, 0.3) is 10.4 Å². The van der Waals surface area contributed by atoms with E-state index in [0.717, 1.165) is 35.6 Å². The van der Waals surface area contributed by atoms with Gasteiger partial charge >= 0.3 is 12.2 Å². The molecule has 1 aromatic carbocycles. The van der Waals surface area contributed by atoms with E-state index in [1.165, 1.54) is 0 Å². The van der Waals surface area contributed by atoms with Crippen molar-refractivity contribution in [2.45, 2.75) is 102 Å². The molecule has 0 spiro atoms. The van der Waals surface area contributed by atoms with Crippen LogP contribution in [0.5, 0.6) is 0 Å². The molecule has 11 heteroatoms. The second-order valence-corrected chi connectivity index (χ2v) is 13.8. The number of benzene rings is 1. The zero-order valence-electron chi connectivity index (χ0n) is 22.3. The lowest BCUT2D eigenvalue weighted by molar-refractivity contribution is 0.109. The summed E-state index contributed by atoms with van der Waals surface area (Å²) < 4.78 is 32.5. The molecule has 0 aliphatic heterocycles. The van der Waals surface area contributed by atoms with E-state index in [1.54, 1.807) is 63.4 Å². The lowest BCUT2D eigenvalue weighted by Gasteiger charge is -2.28. The van der Waals surface area contributed by atoms with Crippen molar-refractivity contribution in [2.75, 3.05) is 5.32 Å². The molecule has 1 saturated carbocycles. The first kappa shape index (κ1) is 28.9. The van der Waals surface area contributed by atoms with Gasteiger partial charge in [0, 0.05) is 34.7 Å². The minimum atomic E-state index is -3.15. The summed E-state index contributed by atoms with van der Waals surface area (Å²) >= 11 is 1.54. The topological polar surface area (TPSA) is 130 Å². The normalized spacial score (nSPS) is 19.5. The van der Waals surface area contributed by atoms with Crippen LogP contribution in [0.3, 0.4) is 0 Å². The highest BCUT2D eigenvalue weighted by Crippen LogP contribution is 2.40. The molecule has 2 amide bonds. The predicted molar refractivity (Wildman–Crippen MR) is 147 cm³/mol. The monoisotopic (exact) mass is 550 g/mol. The van der Waals surface area contributed by atoms with Gasteiger partial charge in [0.2, 0.25) is 0 Å². The number of carbonyl (C=O) groups excluding carboxylic acids is 2. The summed E-state index contributed by atoms with van der Waals surface area (Å²) in [6.07, 6.45) is 3.87. The number of anilines is 1. The first-order chi connectivity index (χ1) is 17.4. The molecule has 1 atom stereocenters. The highest BCUT2D eigenvalue weighted by atomic mass is 32.2. The Kier molecular flexibility index (Phi) is 9.57. The maximum atomic E-state index is 13.5. The zero-order chi connectivity index (χ0) is 27.3. The summed E-state index contributed by atoms with van der Waals surface area (Å²) in [6, 6.07) is 5.21. The van der Waals surface area contributed by atoms with Crippen molar-refractivity contribution in [2.24, 2.45) is 0 Å². The number of aromatic nitrogens is 1. The molecule has 0 bridgehead atoms. The van der Waals surface area contributed by atoms with E-state index >= 15 is 0 Å². The van der Waals surface area contributed by atoms with Gasteiger partial charge in [-0.05, 0) is 79.4 Å². The third-order valence-corrected chi connectivity index (χ3v) is 9.60. The largest absolute Gasteiger partial charge is 0.447 e.